The van der Waals surface area contributed by atoms with Crippen LogP contribution >= 0.6 is 0 Å². The maximum absolute atomic E-state index is 11.3. The number of benzene rings is 1. The van der Waals surface area contributed by atoms with Gasteiger partial charge in [-0.1, -0.05) is 12.1 Å². The number of carbonyl (C=O) groups excluding carboxylic acids is 1. The number of pyridine rings is 1. The fourth-order valence-corrected chi connectivity index (χ4v) is 2.18. The SMILES string of the molecule is Cc1cnccc1-c1ccc2c(c1)NC(=O)C2. The van der Waals surface area contributed by atoms with Crippen LogP contribution in [0.4, 0.5) is 5.69 Å². The molecule has 0 saturated heterocycles. The van der Waals surface area contributed by atoms with Crippen LogP contribution in [0.15, 0.2) is 36.7 Å². The highest BCUT2D eigenvalue weighted by Crippen LogP contribution is 2.30. The molecule has 0 bridgehead atoms. The van der Waals surface area contributed by atoms with E-state index in [0.29, 0.717) is 6.42 Å². The summed E-state index contributed by atoms with van der Waals surface area (Å²) in [5, 5.41) is 2.87. The van der Waals surface area contributed by atoms with Gasteiger partial charge in [0.05, 0.1) is 6.42 Å². The van der Waals surface area contributed by atoms with Crippen molar-refractivity contribution in [2.24, 2.45) is 0 Å². The number of rotatable bonds is 1. The molecule has 0 unspecified atom stereocenters. The van der Waals surface area contributed by atoms with Crippen LogP contribution in [0.25, 0.3) is 11.1 Å². The van der Waals surface area contributed by atoms with E-state index >= 15 is 0 Å². The van der Waals surface area contributed by atoms with Crippen molar-refractivity contribution in [1.29, 1.82) is 0 Å². The highest BCUT2D eigenvalue weighted by Gasteiger charge is 2.17. The third-order valence-corrected chi connectivity index (χ3v) is 3.07. The van der Waals surface area contributed by atoms with Crippen molar-refractivity contribution in [2.45, 2.75) is 13.3 Å². The Hall–Kier alpha value is -2.16. The predicted octanol–water partition coefficient (Wildman–Crippen LogP) is 2.55. The molecule has 0 radical (unpaired) electrons. The Kier molecular flexibility index (Phi) is 2.18. The van der Waals surface area contributed by atoms with Gasteiger partial charge in [0, 0.05) is 18.1 Å². The van der Waals surface area contributed by atoms with Gasteiger partial charge in [-0.25, -0.2) is 0 Å². The van der Waals surface area contributed by atoms with Gasteiger partial charge >= 0.3 is 0 Å². The van der Waals surface area contributed by atoms with Crippen LogP contribution < -0.4 is 5.32 Å². The number of hydrogen-bond donors (Lipinski definition) is 1. The van der Waals surface area contributed by atoms with E-state index < -0.39 is 0 Å². The molecule has 0 saturated carbocycles. The molecule has 1 aliphatic rings. The fraction of sp³-hybridized carbons (Fsp3) is 0.143. The zero-order valence-electron chi connectivity index (χ0n) is 9.53. The number of hydrogen-bond acceptors (Lipinski definition) is 2. The van der Waals surface area contributed by atoms with Gasteiger partial charge in [0.25, 0.3) is 0 Å². The lowest BCUT2D eigenvalue weighted by atomic mass is 10.0. The summed E-state index contributed by atoms with van der Waals surface area (Å²) in [5.41, 5.74) is 5.42. The van der Waals surface area contributed by atoms with Crippen molar-refractivity contribution < 1.29 is 4.79 Å². The molecule has 0 fully saturated rings. The lowest BCUT2D eigenvalue weighted by molar-refractivity contribution is -0.115. The van der Waals surface area contributed by atoms with Gasteiger partial charge in [0.1, 0.15) is 0 Å². The Morgan fingerprint density at radius 1 is 1.29 bits per heavy atom. The van der Waals surface area contributed by atoms with Crippen LogP contribution in [0.1, 0.15) is 11.1 Å². The molecule has 3 nitrogen and oxygen atoms in total. The molecule has 3 rings (SSSR count). The fourth-order valence-electron chi connectivity index (χ4n) is 2.18. The summed E-state index contributed by atoms with van der Waals surface area (Å²) in [6, 6.07) is 8.10. The molecule has 0 atom stereocenters. The molecule has 1 N–H and O–H groups in total. The van der Waals surface area contributed by atoms with Crippen LogP contribution in [0.2, 0.25) is 0 Å². The minimum absolute atomic E-state index is 0.0728. The van der Waals surface area contributed by atoms with Gasteiger partial charge in [0.15, 0.2) is 0 Å². The second kappa shape index (κ2) is 3.70. The zero-order valence-corrected chi connectivity index (χ0v) is 9.53. The van der Waals surface area contributed by atoms with Crippen LogP contribution in [-0.2, 0) is 11.2 Å². The lowest BCUT2D eigenvalue weighted by Crippen LogP contribution is -2.03. The number of fused-ring (bicyclic) bond motifs is 1. The molecule has 1 amide bonds. The minimum atomic E-state index is 0.0728. The molecule has 1 aliphatic heterocycles. The largest absolute Gasteiger partial charge is 0.326 e. The molecular formula is C14H12N2O. The van der Waals surface area contributed by atoms with Gasteiger partial charge in [0.2, 0.25) is 5.91 Å². The number of nitrogens with one attached hydrogen (secondary N) is 1. The number of anilines is 1. The Balaban J connectivity index is 2.09. The van der Waals surface area contributed by atoms with Crippen molar-refractivity contribution >= 4 is 11.6 Å². The standard InChI is InChI=1S/C14H12N2O/c1-9-8-15-5-4-12(9)10-2-3-11-7-14(17)16-13(11)6-10/h2-6,8H,7H2,1H3,(H,16,17). The van der Waals surface area contributed by atoms with Gasteiger partial charge in [-0.15, -0.1) is 0 Å². The first-order valence-electron chi connectivity index (χ1n) is 5.58. The first kappa shape index (κ1) is 10.0. The van der Waals surface area contributed by atoms with Gasteiger partial charge in [-0.3, -0.25) is 9.78 Å². The average Bonchev–Trinajstić information content (AvgIpc) is 2.68. The number of nitrogens with zero attached hydrogens (tertiary/aromatic N) is 1. The Morgan fingerprint density at radius 2 is 2.18 bits per heavy atom. The van der Waals surface area contributed by atoms with Gasteiger partial charge in [-0.2, -0.15) is 0 Å². The van der Waals surface area contributed by atoms with E-state index in [-0.39, 0.29) is 5.91 Å². The molecule has 1 aromatic heterocycles. The molecule has 17 heavy (non-hydrogen) atoms. The summed E-state index contributed by atoms with van der Waals surface area (Å²) in [6.45, 7) is 2.04. The Morgan fingerprint density at radius 3 is 3.00 bits per heavy atom. The monoisotopic (exact) mass is 224 g/mol. The first-order valence-corrected chi connectivity index (χ1v) is 5.58. The molecule has 1 aromatic carbocycles. The smallest absolute Gasteiger partial charge is 0.228 e. The zero-order chi connectivity index (χ0) is 11.8. The van der Waals surface area contributed by atoms with Gasteiger partial charge < -0.3 is 5.32 Å². The lowest BCUT2D eigenvalue weighted by Gasteiger charge is -2.07. The van der Waals surface area contributed by atoms with Crippen molar-refractivity contribution in [3.05, 3.63) is 47.8 Å². The minimum Gasteiger partial charge on any atom is -0.326 e. The van der Waals surface area contributed by atoms with Crippen molar-refractivity contribution in [3.8, 4) is 11.1 Å². The van der Waals surface area contributed by atoms with Crippen LogP contribution in [0.5, 0.6) is 0 Å². The molecule has 0 spiro atoms. The average molecular weight is 224 g/mol. The second-order valence-electron chi connectivity index (χ2n) is 4.29. The van der Waals surface area contributed by atoms with Crippen molar-refractivity contribution in [1.82, 2.24) is 4.98 Å². The molecule has 0 aliphatic carbocycles. The Labute approximate surface area is 99.5 Å². The van der Waals surface area contributed by atoms with E-state index in [9.17, 15) is 4.79 Å². The summed E-state index contributed by atoms with van der Waals surface area (Å²) in [5.74, 6) is 0.0728. The summed E-state index contributed by atoms with van der Waals surface area (Å²) < 4.78 is 0. The number of aryl methyl sites for hydroxylation is 1. The third kappa shape index (κ3) is 1.69. The van der Waals surface area contributed by atoms with Crippen molar-refractivity contribution in [2.75, 3.05) is 5.32 Å². The molecule has 2 heterocycles. The summed E-state index contributed by atoms with van der Waals surface area (Å²) in [6.07, 6.45) is 4.13. The normalized spacial score (nSPS) is 13.4. The van der Waals surface area contributed by atoms with Gasteiger partial charge in [-0.05, 0) is 41.3 Å². The van der Waals surface area contributed by atoms with Crippen LogP contribution in [0, 0.1) is 6.92 Å². The van der Waals surface area contributed by atoms with E-state index in [4.69, 9.17) is 0 Å². The molecule has 84 valence electrons. The number of carbonyl (C=O) groups is 1. The maximum atomic E-state index is 11.3. The highest BCUT2D eigenvalue weighted by molar-refractivity contribution is 6.00. The Bertz CT molecular complexity index is 605. The predicted molar refractivity (Wildman–Crippen MR) is 66.7 cm³/mol. The molecule has 3 heteroatoms. The molecule has 2 aromatic rings. The first-order chi connectivity index (χ1) is 8.24. The molecular weight excluding hydrogens is 212 g/mol. The second-order valence-corrected chi connectivity index (χ2v) is 4.29. The highest BCUT2D eigenvalue weighted by atomic mass is 16.1. The van der Waals surface area contributed by atoms with Crippen LogP contribution in [0.3, 0.4) is 0 Å². The van der Waals surface area contributed by atoms with E-state index in [1.165, 1.54) is 0 Å². The van der Waals surface area contributed by atoms with E-state index in [1.54, 1.807) is 6.20 Å². The van der Waals surface area contributed by atoms with E-state index in [0.717, 1.165) is 27.9 Å². The third-order valence-electron chi connectivity index (χ3n) is 3.07. The number of amides is 1. The topological polar surface area (TPSA) is 42.0 Å². The number of aromatic nitrogens is 1. The summed E-state index contributed by atoms with van der Waals surface area (Å²) >= 11 is 0. The van der Waals surface area contributed by atoms with Crippen molar-refractivity contribution in [3.63, 3.8) is 0 Å². The summed E-state index contributed by atoms with van der Waals surface area (Å²) in [4.78, 5) is 15.4. The van der Waals surface area contributed by atoms with E-state index in [2.05, 4.69) is 16.4 Å². The van der Waals surface area contributed by atoms with E-state index in [1.807, 2.05) is 31.3 Å². The van der Waals surface area contributed by atoms with Crippen LogP contribution in [-0.4, -0.2) is 10.9 Å². The summed E-state index contributed by atoms with van der Waals surface area (Å²) in [7, 11) is 0. The maximum Gasteiger partial charge on any atom is 0.228 e. The quantitative estimate of drug-likeness (QED) is 0.808.